The average Bonchev–Trinajstić information content (AvgIpc) is 3.68. The third kappa shape index (κ3) is 3.70. The van der Waals surface area contributed by atoms with E-state index in [1.807, 2.05) is 43.0 Å². The maximum Gasteiger partial charge on any atom is 0.138 e. The van der Waals surface area contributed by atoms with Crippen molar-refractivity contribution in [1.29, 1.82) is 0 Å². The van der Waals surface area contributed by atoms with Crippen molar-refractivity contribution in [2.75, 3.05) is 13.1 Å². The summed E-state index contributed by atoms with van der Waals surface area (Å²) in [5.41, 5.74) is 7.20. The zero-order valence-electron chi connectivity index (χ0n) is 19.4. The van der Waals surface area contributed by atoms with Crippen molar-refractivity contribution >= 4 is 21.8 Å². The second-order valence-electron chi connectivity index (χ2n) is 9.01. The predicted molar refractivity (Wildman–Crippen MR) is 136 cm³/mol. The highest BCUT2D eigenvalue weighted by Gasteiger charge is 2.17. The first-order valence-corrected chi connectivity index (χ1v) is 12.0. The highest BCUT2D eigenvalue weighted by Crippen LogP contribution is 2.34. The number of hydrogen-bond acceptors (Lipinski definition) is 7. The van der Waals surface area contributed by atoms with Crippen LogP contribution in [-0.4, -0.2) is 49.3 Å². The van der Waals surface area contributed by atoms with Gasteiger partial charge in [-0.05, 0) is 50.2 Å². The van der Waals surface area contributed by atoms with Crippen LogP contribution in [0.3, 0.4) is 0 Å². The highest BCUT2D eigenvalue weighted by molar-refractivity contribution is 6.00. The molecule has 3 N–H and O–H groups in total. The number of hydrogen-bond donors (Lipinski definition) is 3. The van der Waals surface area contributed by atoms with Gasteiger partial charge in [-0.1, -0.05) is 0 Å². The molecule has 0 saturated carbocycles. The zero-order chi connectivity index (χ0) is 23.9. The number of aromatic nitrogens is 6. The first-order valence-electron chi connectivity index (χ1n) is 12.0. The van der Waals surface area contributed by atoms with Gasteiger partial charge in [-0.2, -0.15) is 5.10 Å². The minimum atomic E-state index is 0.211. The summed E-state index contributed by atoms with van der Waals surface area (Å²) in [5, 5.41) is 13.1. The van der Waals surface area contributed by atoms with Crippen LogP contribution in [0.15, 0.2) is 72.2 Å². The van der Waals surface area contributed by atoms with Gasteiger partial charge in [0.15, 0.2) is 0 Å². The van der Waals surface area contributed by atoms with Crippen LogP contribution in [0.1, 0.15) is 12.8 Å². The summed E-state index contributed by atoms with van der Waals surface area (Å²) in [7, 11) is 0. The molecule has 0 spiro atoms. The molecule has 6 aromatic heterocycles. The van der Waals surface area contributed by atoms with Gasteiger partial charge in [0.25, 0.3) is 0 Å². The van der Waals surface area contributed by atoms with Crippen molar-refractivity contribution in [2.24, 2.45) is 0 Å². The first-order chi connectivity index (χ1) is 17.8. The Bertz CT molecular complexity index is 1660. The van der Waals surface area contributed by atoms with E-state index in [9.17, 15) is 0 Å². The third-order valence-corrected chi connectivity index (χ3v) is 6.68. The monoisotopic (exact) mass is 477 g/mol. The molecule has 9 heteroatoms. The van der Waals surface area contributed by atoms with Gasteiger partial charge in [-0.3, -0.25) is 20.1 Å². The van der Waals surface area contributed by atoms with Gasteiger partial charge in [0.2, 0.25) is 0 Å². The lowest BCUT2D eigenvalue weighted by atomic mass is 10.1. The number of rotatable bonds is 5. The molecule has 9 nitrogen and oxygen atoms in total. The Labute approximate surface area is 206 Å². The van der Waals surface area contributed by atoms with Crippen LogP contribution in [0.5, 0.6) is 5.75 Å². The second kappa shape index (κ2) is 8.62. The van der Waals surface area contributed by atoms with Gasteiger partial charge in [0, 0.05) is 39.9 Å². The van der Waals surface area contributed by atoms with Crippen molar-refractivity contribution in [1.82, 2.24) is 35.5 Å². The summed E-state index contributed by atoms with van der Waals surface area (Å²) in [6, 6.07) is 8.08. The molecule has 0 bridgehead atoms. The quantitative estimate of drug-likeness (QED) is 0.321. The Balaban J connectivity index is 1.26. The summed E-state index contributed by atoms with van der Waals surface area (Å²) in [5.74, 6) is 0.767. The maximum absolute atomic E-state index is 6.19. The van der Waals surface area contributed by atoms with E-state index in [-0.39, 0.29) is 6.10 Å². The molecule has 1 aliphatic heterocycles. The number of pyridine rings is 3. The van der Waals surface area contributed by atoms with Crippen LogP contribution in [0.2, 0.25) is 0 Å². The molecule has 0 amide bonds. The predicted octanol–water partition coefficient (Wildman–Crippen LogP) is 4.95. The molecule has 0 unspecified atom stereocenters. The summed E-state index contributed by atoms with van der Waals surface area (Å²) in [6.07, 6.45) is 14.7. The van der Waals surface area contributed by atoms with Crippen molar-refractivity contribution in [3.05, 3.63) is 67.8 Å². The van der Waals surface area contributed by atoms with Gasteiger partial charge in [-0.15, -0.1) is 0 Å². The van der Waals surface area contributed by atoms with E-state index in [0.29, 0.717) is 0 Å². The lowest BCUT2D eigenvalue weighted by Gasteiger charge is -2.23. The van der Waals surface area contributed by atoms with Gasteiger partial charge >= 0.3 is 0 Å². The van der Waals surface area contributed by atoms with E-state index in [0.717, 1.165) is 87.3 Å². The summed E-state index contributed by atoms with van der Waals surface area (Å²) in [4.78, 5) is 16.9. The average molecular weight is 478 g/mol. The standard InChI is InChI=1S/C27H23N7O2/c1-4-28-5-2-18(1)36-19-7-17(10-29-11-19)23-9-21-26(14-31-23)33-34-27(21)24-8-20-22(16-3-6-35-15-16)12-30-13-25(20)32-24/h3,6-15,18,28,32H,1-2,4-5H2,(H,33,34). The summed E-state index contributed by atoms with van der Waals surface area (Å²) in [6.45, 7) is 1.96. The smallest absolute Gasteiger partial charge is 0.138 e. The Morgan fingerprint density at radius 1 is 0.889 bits per heavy atom. The Morgan fingerprint density at radius 3 is 2.69 bits per heavy atom. The fraction of sp³-hybridized carbons (Fsp3) is 0.185. The number of nitrogens with zero attached hydrogens (tertiary/aromatic N) is 4. The van der Waals surface area contributed by atoms with Crippen LogP contribution >= 0.6 is 0 Å². The third-order valence-electron chi connectivity index (χ3n) is 6.68. The minimum absolute atomic E-state index is 0.211. The van der Waals surface area contributed by atoms with Crippen molar-refractivity contribution in [2.45, 2.75) is 18.9 Å². The molecule has 6 aromatic rings. The minimum Gasteiger partial charge on any atom is -0.489 e. The molecule has 1 fully saturated rings. The molecule has 7 rings (SSSR count). The molecule has 36 heavy (non-hydrogen) atoms. The molecule has 1 aliphatic rings. The lowest BCUT2D eigenvalue weighted by molar-refractivity contribution is 0.162. The zero-order valence-corrected chi connectivity index (χ0v) is 19.4. The maximum atomic E-state index is 6.19. The topological polar surface area (TPSA) is 118 Å². The van der Waals surface area contributed by atoms with Crippen LogP contribution < -0.4 is 10.1 Å². The van der Waals surface area contributed by atoms with Crippen molar-refractivity contribution < 1.29 is 9.15 Å². The summed E-state index contributed by atoms with van der Waals surface area (Å²) >= 11 is 0. The fourth-order valence-electron chi connectivity index (χ4n) is 4.84. The van der Waals surface area contributed by atoms with Gasteiger partial charge in [-0.25, -0.2) is 0 Å². The molecule has 178 valence electrons. The van der Waals surface area contributed by atoms with E-state index in [4.69, 9.17) is 9.15 Å². The second-order valence-corrected chi connectivity index (χ2v) is 9.01. The van der Waals surface area contributed by atoms with E-state index in [1.165, 1.54) is 0 Å². The Hall–Kier alpha value is -4.50. The number of nitrogens with one attached hydrogen (secondary N) is 3. The molecule has 0 aromatic carbocycles. The normalized spacial score (nSPS) is 14.6. The molecule has 7 heterocycles. The van der Waals surface area contributed by atoms with E-state index in [1.54, 1.807) is 18.7 Å². The first kappa shape index (κ1) is 20.8. The molecule has 0 radical (unpaired) electrons. The number of piperidine rings is 1. The van der Waals surface area contributed by atoms with E-state index in [2.05, 4.69) is 41.5 Å². The van der Waals surface area contributed by atoms with Crippen molar-refractivity contribution in [3.63, 3.8) is 0 Å². The number of furan rings is 1. The number of ether oxygens (including phenoxy) is 1. The Morgan fingerprint density at radius 2 is 1.81 bits per heavy atom. The van der Waals surface area contributed by atoms with Gasteiger partial charge in [0.05, 0.1) is 53.5 Å². The molecular formula is C27H23N7O2. The number of aromatic amines is 2. The lowest BCUT2D eigenvalue weighted by Crippen LogP contribution is -2.34. The van der Waals surface area contributed by atoms with Gasteiger partial charge < -0.3 is 19.5 Å². The molecule has 0 atom stereocenters. The highest BCUT2D eigenvalue weighted by atomic mass is 16.5. The molecular weight excluding hydrogens is 454 g/mol. The number of fused-ring (bicyclic) bond motifs is 2. The fourth-order valence-corrected chi connectivity index (χ4v) is 4.84. The summed E-state index contributed by atoms with van der Waals surface area (Å²) < 4.78 is 11.5. The molecule has 1 saturated heterocycles. The van der Waals surface area contributed by atoms with E-state index >= 15 is 0 Å². The van der Waals surface area contributed by atoms with Crippen LogP contribution in [0, 0.1) is 0 Å². The van der Waals surface area contributed by atoms with E-state index < -0.39 is 0 Å². The van der Waals surface area contributed by atoms with Crippen molar-refractivity contribution in [3.8, 4) is 39.5 Å². The van der Waals surface area contributed by atoms with Crippen LogP contribution in [-0.2, 0) is 0 Å². The SMILES string of the molecule is c1cc(-c2cncc3[nH]c(-c4n[nH]c5cnc(-c6cncc(OC7CCNCC7)c6)cc45)cc23)co1. The number of H-pyrrole nitrogens is 2. The van der Waals surface area contributed by atoms with Gasteiger partial charge in [0.1, 0.15) is 17.5 Å². The van der Waals surface area contributed by atoms with Crippen LogP contribution in [0.25, 0.3) is 55.6 Å². The van der Waals surface area contributed by atoms with Crippen LogP contribution in [0.4, 0.5) is 0 Å². The Kier molecular flexibility index (Phi) is 4.99. The molecule has 0 aliphatic carbocycles. The largest absolute Gasteiger partial charge is 0.489 e.